The van der Waals surface area contributed by atoms with Gasteiger partial charge in [-0.15, -0.1) is 0 Å². The van der Waals surface area contributed by atoms with E-state index in [2.05, 4.69) is 40.8 Å². The summed E-state index contributed by atoms with van der Waals surface area (Å²) in [6.07, 6.45) is 4.26. The Morgan fingerprint density at radius 2 is 1.81 bits per heavy atom. The van der Waals surface area contributed by atoms with Crippen molar-refractivity contribution in [2.45, 2.75) is 25.3 Å². The number of carbonyl (C=O) groups is 2. The number of ether oxygens (including phenoxy) is 1. The molecule has 0 saturated carbocycles. The number of aromatic nitrogens is 1. The summed E-state index contributed by atoms with van der Waals surface area (Å²) in [5.41, 5.74) is 1.25. The van der Waals surface area contributed by atoms with Crippen LogP contribution in [0.3, 0.4) is 0 Å². The smallest absolute Gasteiger partial charge is 0.328 e. The van der Waals surface area contributed by atoms with E-state index in [-0.39, 0.29) is 5.82 Å². The maximum Gasteiger partial charge on any atom is 0.328 e. The van der Waals surface area contributed by atoms with Crippen LogP contribution in [0.2, 0.25) is 0 Å². The third kappa shape index (κ3) is 8.62. The molecular formula is C26H30FN3O5S. The summed E-state index contributed by atoms with van der Waals surface area (Å²) in [4.78, 5) is 27.7. The third-order valence-electron chi connectivity index (χ3n) is 5.62. The van der Waals surface area contributed by atoms with Crippen molar-refractivity contribution in [2.75, 3.05) is 26.2 Å². The summed E-state index contributed by atoms with van der Waals surface area (Å²) in [6, 6.07) is 15.2. The molecule has 0 unspecified atom stereocenters. The molecule has 0 radical (unpaired) electrons. The molecule has 8 nitrogen and oxygen atoms in total. The molecule has 192 valence electrons. The number of piperidine rings is 1. The highest BCUT2D eigenvalue weighted by Crippen LogP contribution is 2.18. The Morgan fingerprint density at radius 3 is 2.44 bits per heavy atom. The van der Waals surface area contributed by atoms with E-state index in [1.54, 1.807) is 23.5 Å². The van der Waals surface area contributed by atoms with E-state index in [0.717, 1.165) is 43.7 Å². The first-order valence-electron chi connectivity index (χ1n) is 11.6. The van der Waals surface area contributed by atoms with E-state index < -0.39 is 11.9 Å². The lowest BCUT2D eigenvalue weighted by Crippen LogP contribution is -2.37. The number of benzene rings is 2. The van der Waals surface area contributed by atoms with Crippen molar-refractivity contribution in [1.29, 1.82) is 0 Å². The second-order valence-corrected chi connectivity index (χ2v) is 9.29. The van der Waals surface area contributed by atoms with Crippen molar-refractivity contribution < 1.29 is 28.9 Å². The Labute approximate surface area is 212 Å². The summed E-state index contributed by atoms with van der Waals surface area (Å²) in [5, 5.41) is 15.6. The fourth-order valence-corrected chi connectivity index (χ4v) is 4.90. The van der Waals surface area contributed by atoms with Gasteiger partial charge in [0.05, 0.1) is 22.9 Å². The molecule has 3 aromatic rings. The molecule has 0 spiro atoms. The average molecular weight is 516 g/mol. The maximum atomic E-state index is 13.1. The molecule has 0 atom stereocenters. The van der Waals surface area contributed by atoms with Crippen molar-refractivity contribution in [3.8, 4) is 5.75 Å². The van der Waals surface area contributed by atoms with Crippen molar-refractivity contribution in [3.05, 3.63) is 71.3 Å². The van der Waals surface area contributed by atoms with Gasteiger partial charge in [-0.2, -0.15) is 0 Å². The number of thiazole rings is 1. The molecule has 10 heteroatoms. The van der Waals surface area contributed by atoms with Crippen molar-refractivity contribution >= 4 is 33.5 Å². The number of carboxylic acid groups (broad SMARTS) is 2. The number of nitrogens with zero attached hydrogens (tertiary/aromatic N) is 3. The Balaban J connectivity index is 0.000000392. The van der Waals surface area contributed by atoms with E-state index in [1.165, 1.54) is 22.3 Å². The topological polar surface area (TPSA) is 104 Å². The van der Waals surface area contributed by atoms with Crippen LogP contribution in [-0.2, 0) is 16.6 Å². The number of carboxylic acids is 2. The van der Waals surface area contributed by atoms with Crippen molar-refractivity contribution in [1.82, 2.24) is 9.47 Å². The van der Waals surface area contributed by atoms with Crippen LogP contribution in [0, 0.1) is 5.82 Å². The first kappa shape index (κ1) is 27.1. The van der Waals surface area contributed by atoms with Gasteiger partial charge in [0.2, 0.25) is 0 Å². The number of aryl methyl sites for hydroxylation is 1. The van der Waals surface area contributed by atoms with Gasteiger partial charge in [0, 0.05) is 44.9 Å². The molecule has 2 heterocycles. The quantitative estimate of drug-likeness (QED) is 0.348. The summed E-state index contributed by atoms with van der Waals surface area (Å²) in [7, 11) is 2.10. The van der Waals surface area contributed by atoms with E-state index in [9.17, 15) is 14.0 Å². The normalized spacial score (nSPS) is 15.1. The highest BCUT2D eigenvalue weighted by atomic mass is 32.1. The van der Waals surface area contributed by atoms with Crippen LogP contribution in [0.1, 0.15) is 19.3 Å². The lowest BCUT2D eigenvalue weighted by molar-refractivity contribution is -0.134. The Hall–Kier alpha value is -3.50. The Bertz CT molecular complexity index is 1250. The first-order chi connectivity index (χ1) is 17.3. The molecule has 2 aromatic carbocycles. The van der Waals surface area contributed by atoms with Gasteiger partial charge in [-0.1, -0.05) is 29.5 Å². The van der Waals surface area contributed by atoms with Crippen LogP contribution < -0.4 is 9.54 Å². The van der Waals surface area contributed by atoms with Crippen molar-refractivity contribution in [3.63, 3.8) is 0 Å². The fourth-order valence-electron chi connectivity index (χ4n) is 3.81. The Morgan fingerprint density at radius 1 is 1.11 bits per heavy atom. The monoisotopic (exact) mass is 515 g/mol. The molecule has 1 aliphatic rings. The number of rotatable bonds is 8. The van der Waals surface area contributed by atoms with Gasteiger partial charge in [0.25, 0.3) is 0 Å². The van der Waals surface area contributed by atoms with Gasteiger partial charge in [0.15, 0.2) is 4.80 Å². The van der Waals surface area contributed by atoms with Crippen LogP contribution in [0.15, 0.2) is 65.7 Å². The second kappa shape index (κ2) is 13.6. The second-order valence-electron chi connectivity index (χ2n) is 8.28. The fraction of sp³-hybridized carbons (Fsp3) is 0.346. The minimum absolute atomic E-state index is 0.254. The van der Waals surface area contributed by atoms with E-state index >= 15 is 0 Å². The zero-order valence-electron chi connectivity index (χ0n) is 20.0. The van der Waals surface area contributed by atoms with Crippen molar-refractivity contribution in [2.24, 2.45) is 12.0 Å². The van der Waals surface area contributed by atoms with Crippen LogP contribution in [0.4, 0.5) is 4.39 Å². The lowest BCUT2D eigenvalue weighted by Gasteiger charge is -2.29. The van der Waals surface area contributed by atoms with Gasteiger partial charge in [-0.25, -0.2) is 14.0 Å². The molecule has 4 rings (SSSR count). The van der Waals surface area contributed by atoms with Gasteiger partial charge >= 0.3 is 11.9 Å². The number of hydrogen-bond acceptors (Lipinski definition) is 6. The SMILES string of the molecule is Cn1c(=NC2CCN(CCCOc3cccc(F)c3)CC2)sc2ccccc21.O=C(O)/C=C\C(=O)O. The molecule has 1 saturated heterocycles. The number of halogens is 1. The Kier molecular flexibility index (Phi) is 10.2. The van der Waals surface area contributed by atoms with E-state index in [0.29, 0.717) is 30.6 Å². The minimum Gasteiger partial charge on any atom is -0.493 e. The summed E-state index contributed by atoms with van der Waals surface area (Å²) < 4.78 is 22.3. The number of hydrogen-bond donors (Lipinski definition) is 2. The molecule has 0 amide bonds. The zero-order valence-corrected chi connectivity index (χ0v) is 20.9. The number of fused-ring (bicyclic) bond motifs is 1. The predicted octanol–water partition coefficient (Wildman–Crippen LogP) is 3.92. The molecule has 2 N–H and O–H groups in total. The summed E-state index contributed by atoms with van der Waals surface area (Å²) in [5.74, 6) is -2.16. The third-order valence-corrected chi connectivity index (χ3v) is 6.74. The minimum atomic E-state index is -1.26. The van der Waals surface area contributed by atoms with Crippen LogP contribution in [-0.4, -0.2) is 63.9 Å². The molecular weight excluding hydrogens is 485 g/mol. The molecule has 0 bridgehead atoms. The predicted molar refractivity (Wildman–Crippen MR) is 137 cm³/mol. The molecule has 36 heavy (non-hydrogen) atoms. The number of likely N-dealkylation sites (tertiary alicyclic amines) is 1. The molecule has 1 aromatic heterocycles. The van der Waals surface area contributed by atoms with Gasteiger partial charge in [-0.05, 0) is 43.5 Å². The molecule has 1 fully saturated rings. The largest absolute Gasteiger partial charge is 0.493 e. The first-order valence-corrected chi connectivity index (χ1v) is 12.5. The molecule has 0 aliphatic carbocycles. The van der Waals surface area contributed by atoms with Gasteiger partial charge < -0.3 is 24.4 Å². The lowest BCUT2D eigenvalue weighted by atomic mass is 10.1. The van der Waals surface area contributed by atoms with Crippen LogP contribution >= 0.6 is 11.3 Å². The van der Waals surface area contributed by atoms with Crippen LogP contribution in [0.5, 0.6) is 5.75 Å². The zero-order chi connectivity index (χ0) is 25.9. The number of para-hydroxylation sites is 1. The van der Waals surface area contributed by atoms with Gasteiger partial charge in [-0.3, -0.25) is 4.99 Å². The highest BCUT2D eigenvalue weighted by molar-refractivity contribution is 7.16. The van der Waals surface area contributed by atoms with E-state index in [1.807, 2.05) is 0 Å². The standard InChI is InChI=1S/C22H26FN3OS.C4H4O4/c1-25-20-8-2-3-9-21(20)28-22(25)24-18-10-13-26(14-11-18)12-5-15-27-19-7-4-6-17(23)16-19;5-3(6)1-2-4(7)8/h2-4,6-9,16,18H,5,10-15H2,1H3;1-2H,(H,5,6)(H,7,8)/b;2-1-. The maximum absolute atomic E-state index is 13.1. The van der Waals surface area contributed by atoms with Gasteiger partial charge in [0.1, 0.15) is 11.6 Å². The summed E-state index contributed by atoms with van der Waals surface area (Å²) >= 11 is 1.77. The summed E-state index contributed by atoms with van der Waals surface area (Å²) in [6.45, 7) is 3.77. The molecule has 1 aliphatic heterocycles. The average Bonchev–Trinajstić information content (AvgIpc) is 3.17. The van der Waals surface area contributed by atoms with Crippen LogP contribution in [0.25, 0.3) is 10.2 Å². The number of aliphatic carboxylic acids is 2. The highest BCUT2D eigenvalue weighted by Gasteiger charge is 2.18. The van der Waals surface area contributed by atoms with E-state index in [4.69, 9.17) is 19.9 Å².